The van der Waals surface area contributed by atoms with Crippen molar-refractivity contribution in [2.45, 2.75) is 44.8 Å². The minimum absolute atomic E-state index is 0.112. The quantitative estimate of drug-likeness (QED) is 0.685. The summed E-state index contributed by atoms with van der Waals surface area (Å²) in [4.78, 5) is 21.8. The Morgan fingerprint density at radius 2 is 2.00 bits per heavy atom. The van der Waals surface area contributed by atoms with Gasteiger partial charge in [-0.25, -0.2) is 4.98 Å². The molecule has 1 aliphatic rings. The highest BCUT2D eigenvalue weighted by molar-refractivity contribution is 5.71. The van der Waals surface area contributed by atoms with E-state index >= 15 is 0 Å². The van der Waals surface area contributed by atoms with E-state index in [-0.39, 0.29) is 11.7 Å². The number of aliphatic hydroxyl groups is 1. The first-order valence-corrected chi connectivity index (χ1v) is 10.0. The lowest BCUT2D eigenvalue weighted by atomic mass is 9.84. The van der Waals surface area contributed by atoms with Gasteiger partial charge in [-0.3, -0.25) is 9.36 Å². The molecular weight excluding hydrogens is 354 g/mol. The van der Waals surface area contributed by atoms with Gasteiger partial charge >= 0.3 is 0 Å². The number of fused-ring (bicyclic) bond motifs is 1. The first kappa shape index (κ1) is 18.7. The molecule has 28 heavy (non-hydrogen) atoms. The second kappa shape index (κ2) is 8.14. The second-order valence-electron chi connectivity index (χ2n) is 7.66. The van der Waals surface area contributed by atoms with Gasteiger partial charge in [0.15, 0.2) is 11.2 Å². The lowest BCUT2D eigenvalue weighted by Gasteiger charge is -2.27. The third-order valence-corrected chi connectivity index (χ3v) is 5.72. The van der Waals surface area contributed by atoms with Crippen LogP contribution < -0.4 is 10.9 Å². The molecule has 0 radical (unpaired) electrons. The van der Waals surface area contributed by atoms with Gasteiger partial charge in [-0.2, -0.15) is 4.98 Å². The van der Waals surface area contributed by atoms with Gasteiger partial charge in [0.05, 0.1) is 12.4 Å². The van der Waals surface area contributed by atoms with E-state index in [4.69, 9.17) is 0 Å². The summed E-state index contributed by atoms with van der Waals surface area (Å²) in [5.41, 5.74) is 1.97. The zero-order chi connectivity index (χ0) is 19.5. The molecule has 148 valence electrons. The Labute approximate surface area is 164 Å². The van der Waals surface area contributed by atoms with Gasteiger partial charge in [-0.1, -0.05) is 43.2 Å². The lowest BCUT2D eigenvalue weighted by Crippen LogP contribution is -2.28. The first-order valence-electron chi connectivity index (χ1n) is 10.0. The maximum Gasteiger partial charge on any atom is 0.280 e. The van der Waals surface area contributed by atoms with Crippen molar-refractivity contribution in [2.24, 2.45) is 13.0 Å². The Kier molecular flexibility index (Phi) is 5.43. The molecule has 2 heterocycles. The summed E-state index contributed by atoms with van der Waals surface area (Å²) in [6, 6.07) is 9.99. The van der Waals surface area contributed by atoms with Crippen LogP contribution in [0.25, 0.3) is 11.2 Å². The molecule has 1 unspecified atom stereocenters. The average Bonchev–Trinajstić information content (AvgIpc) is 3.10. The summed E-state index contributed by atoms with van der Waals surface area (Å²) in [7, 11) is 1.73. The molecule has 0 bridgehead atoms. The Morgan fingerprint density at radius 3 is 2.79 bits per heavy atom. The topological polar surface area (TPSA) is 85.0 Å². The van der Waals surface area contributed by atoms with Crippen molar-refractivity contribution in [1.82, 2.24) is 19.1 Å². The van der Waals surface area contributed by atoms with E-state index in [9.17, 15) is 9.90 Å². The molecular formula is C21H27N5O2. The summed E-state index contributed by atoms with van der Waals surface area (Å²) < 4.78 is 3.39. The van der Waals surface area contributed by atoms with Crippen molar-refractivity contribution in [3.05, 3.63) is 52.6 Å². The van der Waals surface area contributed by atoms with Gasteiger partial charge < -0.3 is 15.0 Å². The molecule has 1 aromatic carbocycles. The number of aromatic nitrogens is 4. The van der Waals surface area contributed by atoms with Crippen molar-refractivity contribution in [1.29, 1.82) is 0 Å². The van der Waals surface area contributed by atoms with Gasteiger partial charge in [0, 0.05) is 20.1 Å². The third-order valence-electron chi connectivity index (χ3n) is 5.72. The van der Waals surface area contributed by atoms with Crippen LogP contribution >= 0.6 is 0 Å². The first-order chi connectivity index (χ1) is 13.6. The minimum atomic E-state index is -0.205. The van der Waals surface area contributed by atoms with Crippen molar-refractivity contribution in [3.63, 3.8) is 0 Å². The molecule has 2 N–H and O–H groups in total. The number of nitrogens with one attached hydrogen (secondary N) is 1. The molecule has 1 saturated carbocycles. The van der Waals surface area contributed by atoms with Crippen LogP contribution in [0.3, 0.4) is 0 Å². The van der Waals surface area contributed by atoms with Crippen molar-refractivity contribution < 1.29 is 5.11 Å². The average molecular weight is 381 g/mol. The number of aliphatic hydroxyl groups excluding tert-OH is 1. The lowest BCUT2D eigenvalue weighted by molar-refractivity contribution is 0.0671. The Bertz CT molecular complexity index is 995. The van der Waals surface area contributed by atoms with Crippen LogP contribution in [-0.2, 0) is 13.6 Å². The molecule has 0 saturated heterocycles. The van der Waals surface area contributed by atoms with Crippen molar-refractivity contribution in [2.75, 3.05) is 11.9 Å². The van der Waals surface area contributed by atoms with E-state index in [0.29, 0.717) is 36.1 Å². The number of imidazole rings is 1. The molecule has 0 amide bonds. The van der Waals surface area contributed by atoms with E-state index in [1.165, 1.54) is 6.42 Å². The Morgan fingerprint density at radius 1 is 1.21 bits per heavy atom. The minimum Gasteiger partial charge on any atom is -0.393 e. The third kappa shape index (κ3) is 3.80. The van der Waals surface area contributed by atoms with Crippen molar-refractivity contribution >= 4 is 17.1 Å². The van der Waals surface area contributed by atoms with Gasteiger partial charge in [-0.15, -0.1) is 0 Å². The predicted octanol–water partition coefficient (Wildman–Crippen LogP) is 2.53. The molecule has 2 atom stereocenters. The highest BCUT2D eigenvalue weighted by Gasteiger charge is 2.22. The largest absolute Gasteiger partial charge is 0.393 e. The molecule has 1 aliphatic carbocycles. The SMILES string of the molecule is Cn1c(NCC[C@H]2CCCCC2O)nc2ncn(Cc3ccccc3)c2c1=O. The van der Waals surface area contributed by atoms with Crippen molar-refractivity contribution in [3.8, 4) is 0 Å². The van der Waals surface area contributed by atoms with Crippen LogP contribution in [0.4, 0.5) is 5.95 Å². The number of hydrogen-bond donors (Lipinski definition) is 2. The van der Waals surface area contributed by atoms with Gasteiger partial charge in [0.2, 0.25) is 5.95 Å². The Hall–Kier alpha value is -2.67. The fraction of sp³-hybridized carbons (Fsp3) is 0.476. The van der Waals surface area contributed by atoms with Crippen LogP contribution in [0.15, 0.2) is 41.5 Å². The van der Waals surface area contributed by atoms with Gasteiger partial charge in [0.25, 0.3) is 5.56 Å². The number of anilines is 1. The standard InChI is InChI=1S/C21H27N5O2/c1-25-20(28)18-19(23-14-26(18)13-15-7-3-2-4-8-15)24-21(25)22-12-11-16-9-5-6-10-17(16)27/h2-4,7-8,14,16-17,27H,5-6,9-13H2,1H3,(H,22,24)/t16-,17?/m1/s1. The molecule has 7 heteroatoms. The molecule has 0 aliphatic heterocycles. The monoisotopic (exact) mass is 381 g/mol. The summed E-state index contributed by atoms with van der Waals surface area (Å²) in [6.45, 7) is 1.26. The number of benzene rings is 1. The van der Waals surface area contributed by atoms with Crippen LogP contribution in [0.2, 0.25) is 0 Å². The predicted molar refractivity (Wildman–Crippen MR) is 109 cm³/mol. The fourth-order valence-electron chi connectivity index (χ4n) is 4.05. The Balaban J connectivity index is 1.51. The molecule has 3 aromatic rings. The molecule has 4 rings (SSSR count). The molecule has 7 nitrogen and oxygen atoms in total. The van der Waals surface area contributed by atoms with Crippen LogP contribution in [0.1, 0.15) is 37.7 Å². The summed E-state index contributed by atoms with van der Waals surface area (Å²) in [6.07, 6.45) is 6.60. The van der Waals surface area contributed by atoms with E-state index in [1.54, 1.807) is 17.9 Å². The molecule has 0 spiro atoms. The number of nitrogens with zero attached hydrogens (tertiary/aromatic N) is 4. The fourth-order valence-corrected chi connectivity index (χ4v) is 4.05. The molecule has 1 fully saturated rings. The van der Waals surface area contributed by atoms with E-state index in [1.807, 2.05) is 34.9 Å². The summed E-state index contributed by atoms with van der Waals surface area (Å²) >= 11 is 0. The maximum atomic E-state index is 12.9. The number of rotatable bonds is 6. The smallest absolute Gasteiger partial charge is 0.280 e. The van der Waals surface area contributed by atoms with Gasteiger partial charge in [-0.05, 0) is 30.7 Å². The van der Waals surface area contributed by atoms with E-state index in [2.05, 4.69) is 15.3 Å². The highest BCUT2D eigenvalue weighted by atomic mass is 16.3. The second-order valence-corrected chi connectivity index (χ2v) is 7.66. The summed E-state index contributed by atoms with van der Waals surface area (Å²) in [5, 5.41) is 13.4. The highest BCUT2D eigenvalue weighted by Crippen LogP contribution is 2.26. The molecule has 2 aromatic heterocycles. The van der Waals surface area contributed by atoms with Crippen LogP contribution in [-0.4, -0.2) is 36.9 Å². The van der Waals surface area contributed by atoms with Crippen LogP contribution in [0, 0.1) is 5.92 Å². The van der Waals surface area contributed by atoms with Gasteiger partial charge in [0.1, 0.15) is 0 Å². The van der Waals surface area contributed by atoms with Crippen LogP contribution in [0.5, 0.6) is 0 Å². The summed E-state index contributed by atoms with van der Waals surface area (Å²) in [5.74, 6) is 0.847. The van der Waals surface area contributed by atoms with E-state index < -0.39 is 0 Å². The zero-order valence-corrected chi connectivity index (χ0v) is 16.2. The maximum absolute atomic E-state index is 12.9. The normalized spacial score (nSPS) is 19.8. The zero-order valence-electron chi connectivity index (χ0n) is 16.2. The number of hydrogen-bond acceptors (Lipinski definition) is 5. The van der Waals surface area contributed by atoms with E-state index in [0.717, 1.165) is 31.2 Å².